The highest BCUT2D eigenvalue weighted by molar-refractivity contribution is 4.87. The molecule has 0 aromatic heterocycles. The number of ether oxygens (including phenoxy) is 2. The van der Waals surface area contributed by atoms with E-state index in [-0.39, 0.29) is 0 Å². The summed E-state index contributed by atoms with van der Waals surface area (Å²) in [5.41, 5.74) is 0. The van der Waals surface area contributed by atoms with Crippen LogP contribution in [0.2, 0.25) is 0 Å². The van der Waals surface area contributed by atoms with Crippen LogP contribution in [0.1, 0.15) is 32.1 Å². The van der Waals surface area contributed by atoms with Crippen LogP contribution in [0.4, 0.5) is 0 Å². The van der Waals surface area contributed by atoms with Gasteiger partial charge in [0.15, 0.2) is 0 Å². The third-order valence-electron chi connectivity index (χ3n) is 4.27. The van der Waals surface area contributed by atoms with Gasteiger partial charge >= 0.3 is 0 Å². The van der Waals surface area contributed by atoms with Crippen molar-refractivity contribution in [1.29, 1.82) is 0 Å². The SMILES string of the molecule is C1CCN2CCC[C@@H](COC[C@@H]3CO3)[C@@H]2C1. The average Bonchev–Trinajstić information content (AvgIpc) is 3.13. The number of fused-ring (bicyclic) bond motifs is 1. The smallest absolute Gasteiger partial charge is 0.104 e. The molecular weight excluding hydrogens is 202 g/mol. The highest BCUT2D eigenvalue weighted by Gasteiger charge is 2.33. The maximum Gasteiger partial charge on any atom is 0.104 e. The first-order valence-corrected chi connectivity index (χ1v) is 6.87. The Morgan fingerprint density at radius 1 is 1.06 bits per heavy atom. The predicted molar refractivity (Wildman–Crippen MR) is 62.5 cm³/mol. The van der Waals surface area contributed by atoms with E-state index in [1.807, 2.05) is 0 Å². The number of piperidine rings is 2. The molecule has 0 spiro atoms. The summed E-state index contributed by atoms with van der Waals surface area (Å²) in [4.78, 5) is 2.70. The van der Waals surface area contributed by atoms with Gasteiger partial charge in [-0.1, -0.05) is 6.42 Å². The molecule has 0 aliphatic carbocycles. The molecule has 0 aromatic carbocycles. The summed E-state index contributed by atoms with van der Waals surface area (Å²) in [7, 11) is 0. The summed E-state index contributed by atoms with van der Waals surface area (Å²) in [6, 6.07) is 0.822. The Morgan fingerprint density at radius 3 is 2.81 bits per heavy atom. The molecule has 3 aliphatic heterocycles. The van der Waals surface area contributed by atoms with E-state index in [1.165, 1.54) is 45.2 Å². The molecule has 0 amide bonds. The largest absolute Gasteiger partial charge is 0.378 e. The monoisotopic (exact) mass is 225 g/mol. The summed E-state index contributed by atoms with van der Waals surface area (Å²) in [5.74, 6) is 0.785. The van der Waals surface area contributed by atoms with Crippen LogP contribution in [-0.2, 0) is 9.47 Å². The van der Waals surface area contributed by atoms with E-state index in [2.05, 4.69) is 4.90 Å². The Kier molecular flexibility index (Phi) is 3.46. The van der Waals surface area contributed by atoms with Crippen LogP contribution >= 0.6 is 0 Å². The number of nitrogens with zero attached hydrogens (tertiary/aromatic N) is 1. The first-order chi connectivity index (χ1) is 7.93. The van der Waals surface area contributed by atoms with Gasteiger partial charge in [-0.05, 0) is 44.7 Å². The fourth-order valence-corrected chi connectivity index (χ4v) is 3.29. The molecule has 3 atom stereocenters. The normalized spacial score (nSPS) is 39.4. The highest BCUT2D eigenvalue weighted by atomic mass is 16.6. The maximum atomic E-state index is 5.79. The zero-order valence-electron chi connectivity index (χ0n) is 10.1. The minimum absolute atomic E-state index is 0.422. The Morgan fingerprint density at radius 2 is 1.94 bits per heavy atom. The molecule has 0 saturated carbocycles. The fraction of sp³-hybridized carbons (Fsp3) is 1.00. The third kappa shape index (κ3) is 2.58. The van der Waals surface area contributed by atoms with Crippen molar-refractivity contribution in [2.75, 3.05) is 32.9 Å². The number of rotatable bonds is 4. The summed E-state index contributed by atoms with van der Waals surface area (Å²) in [6.45, 7) is 5.35. The van der Waals surface area contributed by atoms with Gasteiger partial charge in [-0.2, -0.15) is 0 Å². The lowest BCUT2D eigenvalue weighted by Gasteiger charge is -2.44. The van der Waals surface area contributed by atoms with Crippen LogP contribution in [-0.4, -0.2) is 50.0 Å². The lowest BCUT2D eigenvalue weighted by Crippen LogP contribution is -2.49. The van der Waals surface area contributed by atoms with E-state index in [9.17, 15) is 0 Å². The highest BCUT2D eigenvalue weighted by Crippen LogP contribution is 2.31. The maximum absolute atomic E-state index is 5.79. The molecule has 3 aliphatic rings. The van der Waals surface area contributed by atoms with Gasteiger partial charge < -0.3 is 14.4 Å². The minimum atomic E-state index is 0.422. The van der Waals surface area contributed by atoms with E-state index in [4.69, 9.17) is 9.47 Å². The molecule has 0 radical (unpaired) electrons. The molecule has 0 bridgehead atoms. The second kappa shape index (κ2) is 5.03. The Labute approximate surface area is 98.1 Å². The van der Waals surface area contributed by atoms with Gasteiger partial charge in [-0.15, -0.1) is 0 Å². The van der Waals surface area contributed by atoms with Crippen molar-refractivity contribution >= 4 is 0 Å². The van der Waals surface area contributed by atoms with Gasteiger partial charge in [0.2, 0.25) is 0 Å². The van der Waals surface area contributed by atoms with Crippen molar-refractivity contribution in [2.45, 2.75) is 44.2 Å². The molecule has 3 rings (SSSR count). The topological polar surface area (TPSA) is 25.0 Å². The van der Waals surface area contributed by atoms with E-state index >= 15 is 0 Å². The Bertz CT molecular complexity index is 228. The summed E-state index contributed by atoms with van der Waals surface area (Å²) in [5, 5.41) is 0. The lowest BCUT2D eigenvalue weighted by molar-refractivity contribution is 0.000764. The third-order valence-corrected chi connectivity index (χ3v) is 4.27. The summed E-state index contributed by atoms with van der Waals surface area (Å²) in [6.07, 6.45) is 7.38. The molecule has 3 heteroatoms. The fourth-order valence-electron chi connectivity index (χ4n) is 3.29. The Hall–Kier alpha value is -0.120. The van der Waals surface area contributed by atoms with Crippen LogP contribution < -0.4 is 0 Å². The number of hydrogen-bond acceptors (Lipinski definition) is 3. The van der Waals surface area contributed by atoms with Crippen LogP contribution in [0.25, 0.3) is 0 Å². The van der Waals surface area contributed by atoms with Crippen LogP contribution in [0.3, 0.4) is 0 Å². The zero-order valence-corrected chi connectivity index (χ0v) is 10.1. The second-order valence-corrected chi connectivity index (χ2v) is 5.49. The molecule has 3 heterocycles. The summed E-state index contributed by atoms with van der Waals surface area (Å²) < 4.78 is 11.0. The van der Waals surface area contributed by atoms with E-state index < -0.39 is 0 Å². The molecule has 0 N–H and O–H groups in total. The van der Waals surface area contributed by atoms with Crippen molar-refractivity contribution < 1.29 is 9.47 Å². The second-order valence-electron chi connectivity index (χ2n) is 5.49. The standard InChI is InChI=1S/C13H23NO2/c1-2-6-14-7-3-4-11(13(14)5-1)8-15-9-12-10-16-12/h11-13H,1-10H2/t11-,12+,13-/m0/s1. The van der Waals surface area contributed by atoms with Crippen LogP contribution in [0, 0.1) is 5.92 Å². The van der Waals surface area contributed by atoms with Crippen LogP contribution in [0.15, 0.2) is 0 Å². The van der Waals surface area contributed by atoms with Gasteiger partial charge in [0, 0.05) is 6.04 Å². The zero-order chi connectivity index (χ0) is 10.8. The average molecular weight is 225 g/mol. The molecule has 3 fully saturated rings. The summed E-state index contributed by atoms with van der Waals surface area (Å²) >= 11 is 0. The molecule has 3 nitrogen and oxygen atoms in total. The van der Waals surface area contributed by atoms with Crippen molar-refractivity contribution in [3.8, 4) is 0 Å². The lowest BCUT2D eigenvalue weighted by atomic mass is 9.84. The number of hydrogen-bond donors (Lipinski definition) is 0. The van der Waals surface area contributed by atoms with Gasteiger partial charge in [-0.25, -0.2) is 0 Å². The van der Waals surface area contributed by atoms with Crippen molar-refractivity contribution in [3.05, 3.63) is 0 Å². The van der Waals surface area contributed by atoms with Crippen molar-refractivity contribution in [2.24, 2.45) is 5.92 Å². The molecular formula is C13H23NO2. The van der Waals surface area contributed by atoms with Gasteiger partial charge in [-0.3, -0.25) is 0 Å². The first-order valence-electron chi connectivity index (χ1n) is 6.87. The molecule has 0 aromatic rings. The quantitative estimate of drug-likeness (QED) is 0.680. The van der Waals surface area contributed by atoms with Gasteiger partial charge in [0.25, 0.3) is 0 Å². The molecule has 0 unspecified atom stereocenters. The molecule has 3 saturated heterocycles. The Balaban J connectivity index is 1.47. The van der Waals surface area contributed by atoms with Crippen LogP contribution in [0.5, 0.6) is 0 Å². The minimum Gasteiger partial charge on any atom is -0.378 e. The van der Waals surface area contributed by atoms with Gasteiger partial charge in [0.1, 0.15) is 6.10 Å². The first kappa shape index (κ1) is 11.0. The van der Waals surface area contributed by atoms with Crippen molar-refractivity contribution in [1.82, 2.24) is 4.90 Å². The van der Waals surface area contributed by atoms with E-state index in [1.54, 1.807) is 0 Å². The van der Waals surface area contributed by atoms with Gasteiger partial charge in [0.05, 0.1) is 19.8 Å². The molecule has 92 valence electrons. The van der Waals surface area contributed by atoms with E-state index in [0.717, 1.165) is 31.8 Å². The molecule has 16 heavy (non-hydrogen) atoms. The number of epoxide rings is 1. The predicted octanol–water partition coefficient (Wildman–Crippen LogP) is 1.67. The van der Waals surface area contributed by atoms with E-state index in [0.29, 0.717) is 6.10 Å². The van der Waals surface area contributed by atoms with Crippen molar-refractivity contribution in [3.63, 3.8) is 0 Å².